The van der Waals surface area contributed by atoms with Gasteiger partial charge in [-0.3, -0.25) is 19.2 Å². The van der Waals surface area contributed by atoms with Gasteiger partial charge in [0.1, 0.15) is 16.8 Å². The Morgan fingerprint density at radius 3 is 2.25 bits per heavy atom. The van der Waals surface area contributed by atoms with Crippen LogP contribution >= 0.6 is 0 Å². The lowest BCUT2D eigenvalue weighted by Crippen LogP contribution is -2.29. The van der Waals surface area contributed by atoms with Crippen LogP contribution in [0.1, 0.15) is 17.3 Å². The summed E-state index contributed by atoms with van der Waals surface area (Å²) in [7, 11) is 1.51. The van der Waals surface area contributed by atoms with E-state index in [4.69, 9.17) is 4.42 Å². The first-order valence-electron chi connectivity index (χ1n) is 11.3. The van der Waals surface area contributed by atoms with Gasteiger partial charge in [0, 0.05) is 41.3 Å². The molecule has 0 bridgehead atoms. The van der Waals surface area contributed by atoms with Crippen LogP contribution in [0.15, 0.2) is 67.5 Å². The van der Waals surface area contributed by atoms with Gasteiger partial charge < -0.3 is 19.5 Å². The van der Waals surface area contributed by atoms with Crippen molar-refractivity contribution in [3.63, 3.8) is 0 Å². The Balaban J connectivity index is 1.90. The number of nitrogens with zero attached hydrogens (tertiary/aromatic N) is 1. The molecule has 0 aliphatic carbocycles. The fourth-order valence-corrected chi connectivity index (χ4v) is 4.86. The molecule has 0 saturated heterocycles. The number of carbonyl (C=O) groups is 1. The fourth-order valence-electron chi connectivity index (χ4n) is 4.86. The van der Waals surface area contributed by atoms with Crippen molar-refractivity contribution in [2.75, 3.05) is 18.9 Å². The van der Waals surface area contributed by atoms with Crippen LogP contribution in [0.25, 0.3) is 49.1 Å². The second-order valence-electron chi connectivity index (χ2n) is 8.48. The highest BCUT2D eigenvalue weighted by molar-refractivity contribution is 6.08. The van der Waals surface area contributed by atoms with Crippen LogP contribution in [0.2, 0.25) is 0 Å². The molecule has 2 N–H and O–H groups in total. The van der Waals surface area contributed by atoms with Crippen molar-refractivity contribution in [3.8, 4) is 0 Å². The Labute approximate surface area is 200 Å². The number of fused-ring (bicyclic) bond motifs is 4. The van der Waals surface area contributed by atoms with E-state index in [1.54, 1.807) is 31.2 Å². The number of hydrogen-bond donors (Lipinski definition) is 2. The Hall–Kier alpha value is -4.79. The SMILES string of the molecule is CCNC(=O)c1cn2c3cc4c(=O)c5ccccc5c(=O)c4cc3oc3c(NC)c(F)cc(c1=O)c32. The minimum atomic E-state index is -0.738. The number of pyridine rings is 1. The third-order valence-electron chi connectivity index (χ3n) is 6.50. The van der Waals surface area contributed by atoms with Crippen molar-refractivity contribution in [1.82, 2.24) is 9.72 Å². The number of anilines is 1. The third-order valence-corrected chi connectivity index (χ3v) is 6.50. The summed E-state index contributed by atoms with van der Waals surface area (Å²) in [6, 6.07) is 10.6. The standard InChI is InChI=1S/C27H18FN3O5/c1-3-30-27(35)17-11-31-19-9-14-15(24(33)13-7-5-4-6-12(13)23(14)32)10-20(19)36-26-21(29-2)18(28)8-16(22(26)31)25(17)34/h4-11,29H,3H2,1-2H3,(H,30,35). The zero-order chi connectivity index (χ0) is 25.3. The Morgan fingerprint density at radius 1 is 0.944 bits per heavy atom. The van der Waals surface area contributed by atoms with Gasteiger partial charge in [-0.15, -0.1) is 0 Å². The van der Waals surface area contributed by atoms with Crippen molar-refractivity contribution < 1.29 is 13.6 Å². The van der Waals surface area contributed by atoms with Crippen LogP contribution in [0, 0.1) is 5.82 Å². The zero-order valence-corrected chi connectivity index (χ0v) is 19.2. The van der Waals surface area contributed by atoms with E-state index in [-0.39, 0.29) is 66.9 Å². The van der Waals surface area contributed by atoms with Crippen molar-refractivity contribution >= 4 is 60.7 Å². The fraction of sp³-hybridized carbons (Fsp3) is 0.111. The first kappa shape index (κ1) is 21.7. The van der Waals surface area contributed by atoms with Crippen LogP contribution in [-0.4, -0.2) is 23.9 Å². The number of nitrogens with one attached hydrogen (secondary N) is 2. The lowest BCUT2D eigenvalue weighted by molar-refractivity contribution is 0.0954. The van der Waals surface area contributed by atoms with Gasteiger partial charge in [0.25, 0.3) is 5.91 Å². The molecular weight excluding hydrogens is 465 g/mol. The maximum atomic E-state index is 15.0. The largest absolute Gasteiger partial charge is 0.451 e. The highest BCUT2D eigenvalue weighted by Gasteiger charge is 2.23. The van der Waals surface area contributed by atoms with E-state index in [2.05, 4.69) is 10.6 Å². The maximum Gasteiger partial charge on any atom is 0.256 e. The normalized spacial score (nSPS) is 11.8. The van der Waals surface area contributed by atoms with Gasteiger partial charge in [-0.05, 0) is 25.1 Å². The number of amides is 1. The summed E-state index contributed by atoms with van der Waals surface area (Å²) < 4.78 is 22.6. The molecule has 6 aromatic rings. The van der Waals surface area contributed by atoms with E-state index in [0.29, 0.717) is 10.9 Å². The van der Waals surface area contributed by atoms with Crippen LogP contribution in [0.3, 0.4) is 0 Å². The van der Waals surface area contributed by atoms with Crippen LogP contribution in [-0.2, 0) is 0 Å². The molecule has 8 nitrogen and oxygen atoms in total. The molecule has 36 heavy (non-hydrogen) atoms. The van der Waals surface area contributed by atoms with E-state index in [1.807, 2.05) is 0 Å². The van der Waals surface area contributed by atoms with Gasteiger partial charge in [0.2, 0.25) is 5.43 Å². The monoisotopic (exact) mass is 483 g/mol. The first-order chi connectivity index (χ1) is 17.3. The molecule has 0 aliphatic heterocycles. The molecule has 2 aromatic heterocycles. The Bertz CT molecular complexity index is 2100. The number of benzene rings is 4. The highest BCUT2D eigenvalue weighted by Crippen LogP contribution is 2.34. The molecule has 0 atom stereocenters. The first-order valence-corrected chi connectivity index (χ1v) is 11.3. The maximum absolute atomic E-state index is 15.0. The lowest BCUT2D eigenvalue weighted by Gasteiger charge is -2.16. The molecule has 1 amide bonds. The van der Waals surface area contributed by atoms with E-state index in [1.165, 1.54) is 29.8 Å². The summed E-state index contributed by atoms with van der Waals surface area (Å²) in [5.41, 5.74) is -0.705. The van der Waals surface area contributed by atoms with Gasteiger partial charge in [0.05, 0.1) is 10.9 Å². The van der Waals surface area contributed by atoms with Crippen LogP contribution < -0.4 is 26.9 Å². The molecule has 0 saturated carbocycles. The average molecular weight is 483 g/mol. The van der Waals surface area contributed by atoms with Gasteiger partial charge in [0.15, 0.2) is 27.8 Å². The van der Waals surface area contributed by atoms with Crippen molar-refractivity contribution in [2.24, 2.45) is 0 Å². The predicted octanol–water partition coefficient (Wildman–Crippen LogP) is 3.59. The van der Waals surface area contributed by atoms with Crippen molar-refractivity contribution in [1.29, 1.82) is 0 Å². The molecule has 9 heteroatoms. The Morgan fingerprint density at radius 2 is 1.61 bits per heavy atom. The molecule has 0 radical (unpaired) electrons. The second-order valence-corrected chi connectivity index (χ2v) is 8.48. The minimum absolute atomic E-state index is 0.0116. The third kappa shape index (κ3) is 2.79. The molecule has 0 unspecified atom stereocenters. The van der Waals surface area contributed by atoms with E-state index in [0.717, 1.165) is 6.07 Å². The molecular formula is C27H18FN3O5. The number of hydrogen-bond acceptors (Lipinski definition) is 6. The van der Waals surface area contributed by atoms with E-state index >= 15 is 4.39 Å². The summed E-state index contributed by atoms with van der Waals surface area (Å²) in [5.74, 6) is -1.35. The summed E-state index contributed by atoms with van der Waals surface area (Å²) in [4.78, 5) is 52.4. The molecule has 0 spiro atoms. The summed E-state index contributed by atoms with van der Waals surface area (Å²) >= 11 is 0. The minimum Gasteiger partial charge on any atom is -0.451 e. The predicted molar refractivity (Wildman–Crippen MR) is 137 cm³/mol. The Kier molecular flexibility index (Phi) is 4.59. The molecule has 2 heterocycles. The number of rotatable bonds is 3. The average Bonchev–Trinajstić information content (AvgIpc) is 2.88. The van der Waals surface area contributed by atoms with Crippen molar-refractivity contribution in [3.05, 3.63) is 90.7 Å². The van der Waals surface area contributed by atoms with Crippen LogP contribution in [0.5, 0.6) is 0 Å². The molecule has 0 aliphatic rings. The van der Waals surface area contributed by atoms with Crippen molar-refractivity contribution in [2.45, 2.75) is 6.92 Å². The smallest absolute Gasteiger partial charge is 0.256 e. The van der Waals surface area contributed by atoms with Gasteiger partial charge >= 0.3 is 0 Å². The zero-order valence-electron chi connectivity index (χ0n) is 19.2. The summed E-state index contributed by atoms with van der Waals surface area (Å²) in [6.45, 7) is 2.01. The molecule has 178 valence electrons. The summed E-state index contributed by atoms with van der Waals surface area (Å²) in [6.07, 6.45) is 1.35. The van der Waals surface area contributed by atoms with Gasteiger partial charge in [-0.2, -0.15) is 0 Å². The molecule has 6 rings (SSSR count). The van der Waals surface area contributed by atoms with Crippen LogP contribution in [0.4, 0.5) is 10.1 Å². The number of aromatic nitrogens is 1. The quantitative estimate of drug-likeness (QED) is 0.294. The summed E-state index contributed by atoms with van der Waals surface area (Å²) in [5, 5.41) is 6.21. The number of carbonyl (C=O) groups excluding carboxylic acids is 1. The second kappa shape index (κ2) is 7.61. The van der Waals surface area contributed by atoms with E-state index < -0.39 is 17.2 Å². The molecule has 0 fully saturated rings. The highest BCUT2D eigenvalue weighted by atomic mass is 19.1. The lowest BCUT2D eigenvalue weighted by atomic mass is 10.0. The van der Waals surface area contributed by atoms with Gasteiger partial charge in [-0.25, -0.2) is 4.39 Å². The molecule has 4 aromatic carbocycles. The topological polar surface area (TPSA) is 110 Å². The number of halogens is 1. The van der Waals surface area contributed by atoms with Gasteiger partial charge in [-0.1, -0.05) is 24.3 Å². The van der Waals surface area contributed by atoms with E-state index in [9.17, 15) is 19.2 Å².